The van der Waals surface area contributed by atoms with Gasteiger partial charge in [0.05, 0.1) is 12.5 Å². The lowest BCUT2D eigenvalue weighted by molar-refractivity contribution is 0.164. The Morgan fingerprint density at radius 1 is 1.38 bits per heavy atom. The van der Waals surface area contributed by atoms with Gasteiger partial charge in [-0.1, -0.05) is 13.8 Å². The van der Waals surface area contributed by atoms with Gasteiger partial charge in [-0.05, 0) is 50.1 Å². The Bertz CT molecular complexity index is 305. The van der Waals surface area contributed by atoms with Gasteiger partial charge in [-0.3, -0.25) is 0 Å². The molecule has 1 fully saturated rings. The smallest absolute Gasteiger partial charge is 0.0950 e. The minimum absolute atomic E-state index is 0.467. The summed E-state index contributed by atoms with van der Waals surface area (Å²) in [6.45, 7) is 4.77. The maximum atomic E-state index is 5.19. The highest BCUT2D eigenvalue weighted by molar-refractivity contribution is 5.13. The summed E-state index contributed by atoms with van der Waals surface area (Å²) >= 11 is 0. The first kappa shape index (κ1) is 11.7. The second kappa shape index (κ2) is 4.62. The van der Waals surface area contributed by atoms with Crippen LogP contribution < -0.4 is 5.32 Å². The van der Waals surface area contributed by atoms with Crippen LogP contribution in [0.15, 0.2) is 23.0 Å². The van der Waals surface area contributed by atoms with Gasteiger partial charge < -0.3 is 9.73 Å². The van der Waals surface area contributed by atoms with Crippen molar-refractivity contribution < 1.29 is 4.42 Å². The molecule has 0 amide bonds. The average Bonchev–Trinajstić information content (AvgIpc) is 2.75. The molecule has 1 unspecified atom stereocenters. The highest BCUT2D eigenvalue weighted by Gasteiger charge is 2.31. The summed E-state index contributed by atoms with van der Waals surface area (Å²) in [5, 5.41) is 3.44. The van der Waals surface area contributed by atoms with Crippen LogP contribution in [-0.2, 0) is 0 Å². The molecule has 16 heavy (non-hydrogen) atoms. The van der Waals surface area contributed by atoms with Crippen molar-refractivity contribution in [3.8, 4) is 0 Å². The van der Waals surface area contributed by atoms with Crippen molar-refractivity contribution in [2.75, 3.05) is 7.05 Å². The zero-order valence-electron chi connectivity index (χ0n) is 10.6. The molecule has 1 saturated carbocycles. The summed E-state index contributed by atoms with van der Waals surface area (Å²) in [7, 11) is 2.05. The third-order valence-electron chi connectivity index (χ3n) is 4.07. The van der Waals surface area contributed by atoms with E-state index in [9.17, 15) is 0 Å². The van der Waals surface area contributed by atoms with E-state index in [1.807, 2.05) is 6.26 Å². The van der Waals surface area contributed by atoms with Crippen molar-refractivity contribution in [3.05, 3.63) is 24.2 Å². The molecule has 1 aliphatic rings. The van der Waals surface area contributed by atoms with E-state index in [0.29, 0.717) is 11.5 Å². The van der Waals surface area contributed by atoms with Gasteiger partial charge in [0.25, 0.3) is 0 Å². The monoisotopic (exact) mass is 221 g/mol. The zero-order chi connectivity index (χ0) is 11.6. The van der Waals surface area contributed by atoms with E-state index in [2.05, 4.69) is 32.3 Å². The second-order valence-electron chi connectivity index (χ2n) is 5.82. The molecule has 1 heterocycles. The fourth-order valence-electron chi connectivity index (χ4n) is 2.88. The van der Waals surface area contributed by atoms with Crippen molar-refractivity contribution in [1.82, 2.24) is 5.32 Å². The van der Waals surface area contributed by atoms with Gasteiger partial charge in [0.1, 0.15) is 0 Å². The van der Waals surface area contributed by atoms with Crippen LogP contribution in [0.5, 0.6) is 0 Å². The first-order valence-corrected chi connectivity index (χ1v) is 6.32. The van der Waals surface area contributed by atoms with E-state index in [1.165, 1.54) is 31.2 Å². The topological polar surface area (TPSA) is 25.2 Å². The summed E-state index contributed by atoms with van der Waals surface area (Å²) in [5.41, 5.74) is 1.85. The Morgan fingerprint density at radius 3 is 2.56 bits per heavy atom. The normalized spacial score (nSPS) is 23.2. The SMILES string of the molecule is CNC(c1ccoc1)C1CCC(C)(C)CC1. The van der Waals surface area contributed by atoms with Crippen LogP contribution in [0, 0.1) is 11.3 Å². The van der Waals surface area contributed by atoms with E-state index < -0.39 is 0 Å². The molecule has 1 aromatic heterocycles. The third-order valence-corrected chi connectivity index (χ3v) is 4.07. The Balaban J connectivity index is 2.02. The van der Waals surface area contributed by atoms with Crippen molar-refractivity contribution in [1.29, 1.82) is 0 Å². The van der Waals surface area contributed by atoms with Gasteiger partial charge in [0.15, 0.2) is 0 Å². The summed E-state index contributed by atoms with van der Waals surface area (Å²) in [6, 6.07) is 2.55. The van der Waals surface area contributed by atoms with E-state index in [4.69, 9.17) is 4.42 Å². The van der Waals surface area contributed by atoms with E-state index in [-0.39, 0.29) is 0 Å². The molecule has 0 aliphatic heterocycles. The zero-order valence-corrected chi connectivity index (χ0v) is 10.6. The lowest BCUT2D eigenvalue weighted by atomic mass is 9.70. The molecule has 0 saturated heterocycles. The molecule has 1 N–H and O–H groups in total. The molecule has 2 heteroatoms. The molecule has 0 aromatic carbocycles. The first-order chi connectivity index (χ1) is 7.62. The fourth-order valence-corrected chi connectivity index (χ4v) is 2.88. The van der Waals surface area contributed by atoms with Crippen LogP contribution in [0.4, 0.5) is 0 Å². The number of rotatable bonds is 3. The number of hydrogen-bond donors (Lipinski definition) is 1. The summed E-state index contributed by atoms with van der Waals surface area (Å²) in [6.07, 6.45) is 8.97. The third kappa shape index (κ3) is 2.49. The Labute approximate surface area is 98.4 Å². The Morgan fingerprint density at radius 2 is 2.06 bits per heavy atom. The highest BCUT2D eigenvalue weighted by Crippen LogP contribution is 2.42. The number of nitrogens with one attached hydrogen (secondary N) is 1. The molecule has 2 nitrogen and oxygen atoms in total. The maximum absolute atomic E-state index is 5.19. The predicted molar refractivity (Wildman–Crippen MR) is 66.2 cm³/mol. The number of furan rings is 1. The van der Waals surface area contributed by atoms with E-state index >= 15 is 0 Å². The standard InChI is InChI=1S/C14H23NO/c1-14(2)7-4-11(5-8-14)13(15-3)12-6-9-16-10-12/h6,9-11,13,15H,4-5,7-8H2,1-3H3. The molecule has 0 bridgehead atoms. The molecule has 0 spiro atoms. The van der Waals surface area contributed by atoms with Gasteiger partial charge in [-0.2, -0.15) is 0 Å². The largest absolute Gasteiger partial charge is 0.472 e. The van der Waals surface area contributed by atoms with Crippen LogP contribution in [0.1, 0.15) is 51.1 Å². The molecule has 1 aromatic rings. The minimum atomic E-state index is 0.467. The van der Waals surface area contributed by atoms with Gasteiger partial charge in [-0.15, -0.1) is 0 Å². The lowest BCUT2D eigenvalue weighted by Gasteiger charge is -2.37. The second-order valence-corrected chi connectivity index (χ2v) is 5.82. The fraction of sp³-hybridized carbons (Fsp3) is 0.714. The van der Waals surface area contributed by atoms with Crippen LogP contribution in [-0.4, -0.2) is 7.05 Å². The molecule has 90 valence electrons. The number of hydrogen-bond acceptors (Lipinski definition) is 2. The van der Waals surface area contributed by atoms with Gasteiger partial charge >= 0.3 is 0 Å². The molecule has 2 rings (SSSR count). The van der Waals surface area contributed by atoms with Crippen molar-refractivity contribution in [2.24, 2.45) is 11.3 Å². The van der Waals surface area contributed by atoms with E-state index in [1.54, 1.807) is 6.26 Å². The highest BCUT2D eigenvalue weighted by atomic mass is 16.3. The molecule has 0 radical (unpaired) electrons. The molecular weight excluding hydrogens is 198 g/mol. The van der Waals surface area contributed by atoms with Crippen LogP contribution in [0.3, 0.4) is 0 Å². The Hall–Kier alpha value is -0.760. The van der Waals surface area contributed by atoms with Gasteiger partial charge in [0.2, 0.25) is 0 Å². The van der Waals surface area contributed by atoms with Crippen LogP contribution in [0.2, 0.25) is 0 Å². The predicted octanol–water partition coefficient (Wildman–Crippen LogP) is 3.76. The summed E-state index contributed by atoms with van der Waals surface area (Å²) in [5.74, 6) is 0.760. The van der Waals surface area contributed by atoms with Crippen molar-refractivity contribution >= 4 is 0 Å². The van der Waals surface area contributed by atoms with Crippen molar-refractivity contribution in [3.63, 3.8) is 0 Å². The Kier molecular flexibility index (Phi) is 3.38. The summed E-state index contributed by atoms with van der Waals surface area (Å²) < 4.78 is 5.19. The maximum Gasteiger partial charge on any atom is 0.0950 e. The van der Waals surface area contributed by atoms with E-state index in [0.717, 1.165) is 5.92 Å². The average molecular weight is 221 g/mol. The van der Waals surface area contributed by atoms with Crippen LogP contribution in [0.25, 0.3) is 0 Å². The summed E-state index contributed by atoms with van der Waals surface area (Å²) in [4.78, 5) is 0. The van der Waals surface area contributed by atoms with Gasteiger partial charge in [-0.25, -0.2) is 0 Å². The van der Waals surface area contributed by atoms with Crippen molar-refractivity contribution in [2.45, 2.75) is 45.6 Å². The lowest BCUT2D eigenvalue weighted by Crippen LogP contribution is -2.30. The van der Waals surface area contributed by atoms with Crippen LogP contribution >= 0.6 is 0 Å². The first-order valence-electron chi connectivity index (χ1n) is 6.32. The molecular formula is C14H23NO. The van der Waals surface area contributed by atoms with Gasteiger partial charge in [0, 0.05) is 11.6 Å². The molecule has 1 aliphatic carbocycles. The minimum Gasteiger partial charge on any atom is -0.472 e. The quantitative estimate of drug-likeness (QED) is 0.840. The molecule has 1 atom stereocenters.